The third-order valence-corrected chi connectivity index (χ3v) is 5.07. The first-order valence-corrected chi connectivity index (χ1v) is 10.9. The molecule has 0 radical (unpaired) electrons. The van der Waals surface area contributed by atoms with Crippen LogP contribution in [0.15, 0.2) is 4.99 Å². The van der Waals surface area contributed by atoms with Crippen LogP contribution in [0.25, 0.3) is 0 Å². The van der Waals surface area contributed by atoms with E-state index >= 15 is 0 Å². The number of nitrogens with zero attached hydrogens (tertiary/aromatic N) is 2. The first-order chi connectivity index (χ1) is 11.1. The molecule has 24 heavy (non-hydrogen) atoms. The zero-order chi connectivity index (χ0) is 18.2. The van der Waals surface area contributed by atoms with Gasteiger partial charge in [-0.2, -0.15) is 0 Å². The van der Waals surface area contributed by atoms with Gasteiger partial charge in [0.05, 0.1) is 12.4 Å². The van der Waals surface area contributed by atoms with Gasteiger partial charge in [-0.25, -0.2) is 8.42 Å². The van der Waals surface area contributed by atoms with Crippen LogP contribution in [0, 0.1) is 11.3 Å². The molecule has 0 unspecified atom stereocenters. The smallest absolute Gasteiger partial charge is 0.193 e. The summed E-state index contributed by atoms with van der Waals surface area (Å²) in [5.74, 6) is 1.84. The molecule has 1 saturated carbocycles. The lowest BCUT2D eigenvalue weighted by atomic mass is 9.90. The molecule has 6 nitrogen and oxygen atoms in total. The summed E-state index contributed by atoms with van der Waals surface area (Å²) in [4.78, 5) is 6.77. The van der Waals surface area contributed by atoms with E-state index in [4.69, 9.17) is 9.73 Å². The molecule has 1 fully saturated rings. The summed E-state index contributed by atoms with van der Waals surface area (Å²) in [7, 11) is -0.925. The molecule has 1 aliphatic carbocycles. The lowest BCUT2D eigenvalue weighted by Crippen LogP contribution is -2.41. The van der Waals surface area contributed by atoms with Gasteiger partial charge in [0.1, 0.15) is 9.84 Å². The molecule has 1 rings (SSSR count). The van der Waals surface area contributed by atoms with Crippen LogP contribution in [0.4, 0.5) is 0 Å². The summed E-state index contributed by atoms with van der Waals surface area (Å²) in [6, 6.07) is 0. The Labute approximate surface area is 148 Å². The van der Waals surface area contributed by atoms with E-state index in [-0.39, 0.29) is 11.2 Å². The van der Waals surface area contributed by atoms with Crippen LogP contribution >= 0.6 is 0 Å². The van der Waals surface area contributed by atoms with Gasteiger partial charge in [-0.3, -0.25) is 4.99 Å². The molecule has 7 heteroatoms. The molecule has 0 atom stereocenters. The Morgan fingerprint density at radius 2 is 2.04 bits per heavy atom. The molecule has 0 spiro atoms. The zero-order valence-electron chi connectivity index (χ0n) is 16.0. The van der Waals surface area contributed by atoms with Gasteiger partial charge < -0.3 is 15.0 Å². The maximum absolute atomic E-state index is 11.4. The summed E-state index contributed by atoms with van der Waals surface area (Å²) in [5, 5.41) is 3.29. The van der Waals surface area contributed by atoms with E-state index < -0.39 is 9.84 Å². The number of hydrogen-bond acceptors (Lipinski definition) is 4. The van der Waals surface area contributed by atoms with Crippen molar-refractivity contribution in [2.75, 3.05) is 51.9 Å². The molecule has 0 amide bonds. The predicted molar refractivity (Wildman–Crippen MR) is 100 cm³/mol. The van der Waals surface area contributed by atoms with Crippen LogP contribution in [0.1, 0.15) is 40.0 Å². The average molecular weight is 362 g/mol. The third kappa shape index (κ3) is 10.1. The van der Waals surface area contributed by atoms with Gasteiger partial charge in [-0.05, 0) is 37.5 Å². The van der Waals surface area contributed by atoms with Crippen LogP contribution in [0.2, 0.25) is 0 Å². The average Bonchev–Trinajstić information content (AvgIpc) is 3.29. The van der Waals surface area contributed by atoms with Gasteiger partial charge in [0.25, 0.3) is 0 Å². The van der Waals surface area contributed by atoms with E-state index in [0.29, 0.717) is 19.6 Å². The highest BCUT2D eigenvalue weighted by molar-refractivity contribution is 7.90. The van der Waals surface area contributed by atoms with Gasteiger partial charge in [0.2, 0.25) is 0 Å². The lowest BCUT2D eigenvalue weighted by molar-refractivity contribution is 0.115. The molecule has 142 valence electrons. The molecule has 0 bridgehead atoms. The van der Waals surface area contributed by atoms with Crippen LogP contribution in [0.3, 0.4) is 0 Å². The molecule has 1 aliphatic rings. The highest BCUT2D eigenvalue weighted by atomic mass is 32.2. The number of nitrogens with one attached hydrogen (secondary N) is 1. The third-order valence-electron chi connectivity index (χ3n) is 4.12. The molecular weight excluding hydrogens is 326 g/mol. The highest BCUT2D eigenvalue weighted by Crippen LogP contribution is 2.28. The fraction of sp³-hybridized carbons (Fsp3) is 0.941. The Morgan fingerprint density at radius 3 is 2.58 bits per heavy atom. The highest BCUT2D eigenvalue weighted by Gasteiger charge is 2.22. The summed E-state index contributed by atoms with van der Waals surface area (Å²) < 4.78 is 28.4. The lowest BCUT2D eigenvalue weighted by Gasteiger charge is -2.26. The molecule has 1 N–H and O–H groups in total. The minimum absolute atomic E-state index is 0.146. The first kappa shape index (κ1) is 21.2. The van der Waals surface area contributed by atoms with Crippen molar-refractivity contribution in [2.24, 2.45) is 16.3 Å². The Kier molecular flexibility index (Phi) is 8.50. The first-order valence-electron chi connectivity index (χ1n) is 8.88. The van der Waals surface area contributed by atoms with E-state index in [1.807, 2.05) is 14.0 Å². The topological polar surface area (TPSA) is 71.0 Å². The molecule has 0 aromatic rings. The van der Waals surface area contributed by atoms with Gasteiger partial charge in [0, 0.05) is 39.5 Å². The van der Waals surface area contributed by atoms with Gasteiger partial charge in [-0.15, -0.1) is 0 Å². The van der Waals surface area contributed by atoms with E-state index in [0.717, 1.165) is 31.6 Å². The van der Waals surface area contributed by atoms with E-state index in [1.165, 1.54) is 19.1 Å². The van der Waals surface area contributed by atoms with Crippen LogP contribution in [0.5, 0.6) is 0 Å². The Morgan fingerprint density at radius 1 is 1.38 bits per heavy atom. The number of rotatable bonds is 11. The normalized spacial score (nSPS) is 16.3. The Hall–Kier alpha value is -0.820. The number of aliphatic imine (C=N–C) groups is 1. The quantitative estimate of drug-likeness (QED) is 0.345. The van der Waals surface area contributed by atoms with Crippen molar-refractivity contribution in [3.05, 3.63) is 0 Å². The fourth-order valence-electron chi connectivity index (χ4n) is 2.14. The second kappa shape index (κ2) is 9.61. The van der Waals surface area contributed by atoms with Crippen molar-refractivity contribution in [1.29, 1.82) is 0 Å². The standard InChI is InChI=1S/C17H35N3O3S/c1-6-18-16(20(4)10-11-23-13-15-7-8-15)19-14-17(2,3)9-12-24(5,21)22/h15H,6-14H2,1-5H3,(H,18,19). The molecule has 0 aliphatic heterocycles. The number of likely N-dealkylation sites (N-methyl/N-ethyl adjacent to an activating group) is 1. The number of guanidine groups is 1. The predicted octanol–water partition coefficient (Wildman–Crippen LogP) is 1.77. The van der Waals surface area contributed by atoms with Gasteiger partial charge >= 0.3 is 0 Å². The van der Waals surface area contributed by atoms with Gasteiger partial charge in [0.15, 0.2) is 5.96 Å². The SMILES string of the molecule is CCNC(=NCC(C)(C)CCS(C)(=O)=O)N(C)CCOCC1CC1. The molecule has 0 heterocycles. The van der Waals surface area contributed by atoms with Crippen molar-refractivity contribution in [3.8, 4) is 0 Å². The van der Waals surface area contributed by atoms with Crippen LogP contribution < -0.4 is 5.32 Å². The fourth-order valence-corrected chi connectivity index (χ4v) is 3.06. The molecule has 0 saturated heterocycles. The van der Waals surface area contributed by atoms with Crippen molar-refractivity contribution in [3.63, 3.8) is 0 Å². The second-order valence-corrected chi connectivity index (χ2v) is 9.91. The molecule has 0 aromatic heterocycles. The van der Waals surface area contributed by atoms with Gasteiger partial charge in [-0.1, -0.05) is 13.8 Å². The maximum atomic E-state index is 11.4. The van der Waals surface area contributed by atoms with Crippen molar-refractivity contribution in [1.82, 2.24) is 10.2 Å². The summed E-state index contributed by atoms with van der Waals surface area (Å²) in [5.41, 5.74) is -0.146. The van der Waals surface area contributed by atoms with E-state index in [9.17, 15) is 8.42 Å². The van der Waals surface area contributed by atoms with Crippen molar-refractivity contribution >= 4 is 15.8 Å². The van der Waals surface area contributed by atoms with Crippen LogP contribution in [-0.4, -0.2) is 71.2 Å². The Balaban J connectivity index is 2.45. The maximum Gasteiger partial charge on any atom is 0.193 e. The minimum Gasteiger partial charge on any atom is -0.379 e. The number of sulfone groups is 1. The summed E-state index contributed by atoms with van der Waals surface area (Å²) in [6.07, 6.45) is 4.51. The van der Waals surface area contributed by atoms with Crippen LogP contribution in [-0.2, 0) is 14.6 Å². The van der Waals surface area contributed by atoms with E-state index in [1.54, 1.807) is 0 Å². The zero-order valence-corrected chi connectivity index (χ0v) is 16.8. The Bertz CT molecular complexity index is 499. The largest absolute Gasteiger partial charge is 0.379 e. The monoisotopic (exact) mass is 361 g/mol. The minimum atomic E-state index is -2.93. The second-order valence-electron chi connectivity index (χ2n) is 7.65. The summed E-state index contributed by atoms with van der Waals surface area (Å²) >= 11 is 0. The number of hydrogen-bond donors (Lipinski definition) is 1. The number of ether oxygens (including phenoxy) is 1. The molecule has 0 aromatic carbocycles. The van der Waals surface area contributed by atoms with E-state index in [2.05, 4.69) is 24.1 Å². The summed E-state index contributed by atoms with van der Waals surface area (Å²) in [6.45, 7) is 9.93. The molecular formula is C17H35N3O3S. The van der Waals surface area contributed by atoms with Crippen molar-refractivity contribution in [2.45, 2.75) is 40.0 Å². The van der Waals surface area contributed by atoms with Crippen molar-refractivity contribution < 1.29 is 13.2 Å².